The fraction of sp³-hybridized carbons (Fsp3) is 0.111. The number of hydrogen-bond acceptors (Lipinski definition) is 8. The Morgan fingerprint density at radius 2 is 2.17 bits per heavy atom. The number of non-ortho nitro benzene ring substituents is 1. The zero-order chi connectivity index (χ0) is 13.0. The number of nitrogens with one attached hydrogen (secondary N) is 2. The summed E-state index contributed by atoms with van der Waals surface area (Å²) in [7, 11) is 0. The summed E-state index contributed by atoms with van der Waals surface area (Å²) in [4.78, 5) is 14.0. The van der Waals surface area contributed by atoms with Crippen molar-refractivity contribution in [2.75, 3.05) is 10.7 Å². The van der Waals surface area contributed by atoms with E-state index in [4.69, 9.17) is 5.84 Å². The Bertz CT molecular complexity index is 541. The summed E-state index contributed by atoms with van der Waals surface area (Å²) in [6.07, 6.45) is 1.21. The van der Waals surface area contributed by atoms with Gasteiger partial charge in [0, 0.05) is 17.8 Å². The van der Waals surface area contributed by atoms with Gasteiger partial charge in [0.25, 0.3) is 5.69 Å². The van der Waals surface area contributed by atoms with Crippen molar-refractivity contribution < 1.29 is 9.45 Å². The van der Waals surface area contributed by atoms with E-state index in [9.17, 15) is 10.1 Å². The van der Waals surface area contributed by atoms with Crippen LogP contribution in [-0.2, 0) is 6.54 Å². The monoisotopic (exact) mass is 250 g/mol. The number of rotatable bonds is 5. The quantitative estimate of drug-likeness (QED) is 0.404. The number of anilines is 2. The molecule has 2 rings (SSSR count). The highest BCUT2D eigenvalue weighted by Gasteiger charge is 2.09. The van der Waals surface area contributed by atoms with E-state index in [0.717, 1.165) is 0 Å². The maximum absolute atomic E-state index is 10.7. The topological polar surface area (TPSA) is 132 Å². The fourth-order valence-electron chi connectivity index (χ4n) is 1.35. The molecule has 0 amide bonds. The Kier molecular flexibility index (Phi) is 3.34. The van der Waals surface area contributed by atoms with E-state index in [1.54, 1.807) is 6.07 Å². The molecule has 0 spiro atoms. The predicted molar refractivity (Wildman–Crippen MR) is 62.5 cm³/mol. The zero-order valence-electron chi connectivity index (χ0n) is 9.16. The van der Waals surface area contributed by atoms with Crippen molar-refractivity contribution in [2.45, 2.75) is 6.54 Å². The Hall–Kier alpha value is -2.68. The summed E-state index contributed by atoms with van der Waals surface area (Å²) in [5, 5.41) is 17.3. The minimum Gasteiger partial charge on any atom is -0.377 e. The molecular formula is C9H10N6O3. The number of nitro benzene ring substituents is 1. The molecule has 0 aliphatic carbocycles. The molecule has 4 N–H and O–H groups in total. The third kappa shape index (κ3) is 2.71. The molecule has 0 radical (unpaired) electrons. The highest BCUT2D eigenvalue weighted by Crippen LogP contribution is 2.23. The predicted octanol–water partition coefficient (Wildman–Crippen LogP) is 0.875. The summed E-state index contributed by atoms with van der Waals surface area (Å²) in [6, 6.07) is 4.35. The molecule has 1 aromatic heterocycles. The van der Waals surface area contributed by atoms with Crippen LogP contribution in [0.25, 0.3) is 0 Å². The third-order valence-electron chi connectivity index (χ3n) is 2.15. The van der Waals surface area contributed by atoms with Crippen LogP contribution in [0.5, 0.6) is 0 Å². The van der Waals surface area contributed by atoms with Gasteiger partial charge >= 0.3 is 0 Å². The summed E-state index contributed by atoms with van der Waals surface area (Å²) in [6.45, 7) is 0.293. The lowest BCUT2D eigenvalue weighted by atomic mass is 10.2. The van der Waals surface area contributed by atoms with Crippen molar-refractivity contribution >= 4 is 17.1 Å². The highest BCUT2D eigenvalue weighted by molar-refractivity contribution is 5.62. The minimum atomic E-state index is -0.500. The van der Waals surface area contributed by atoms with Gasteiger partial charge in [-0.05, 0) is 6.07 Å². The smallest absolute Gasteiger partial charge is 0.273 e. The van der Waals surface area contributed by atoms with Crippen LogP contribution in [-0.4, -0.2) is 15.1 Å². The molecule has 9 nitrogen and oxygen atoms in total. The van der Waals surface area contributed by atoms with Crippen LogP contribution in [0.15, 0.2) is 29.1 Å². The number of hydrogen-bond donors (Lipinski definition) is 3. The molecule has 0 fully saturated rings. The molecule has 0 saturated heterocycles. The summed E-state index contributed by atoms with van der Waals surface area (Å²) in [5.41, 5.74) is 3.25. The number of nitrogens with two attached hydrogens (primary N) is 1. The molecule has 9 heteroatoms. The second-order valence-electron chi connectivity index (χ2n) is 3.37. The van der Waals surface area contributed by atoms with Crippen LogP contribution < -0.4 is 16.6 Å². The van der Waals surface area contributed by atoms with Gasteiger partial charge in [-0.15, -0.1) is 0 Å². The number of nitrogens with zero attached hydrogens (tertiary/aromatic N) is 3. The van der Waals surface area contributed by atoms with Crippen molar-refractivity contribution in [3.63, 3.8) is 0 Å². The summed E-state index contributed by atoms with van der Waals surface area (Å²) < 4.78 is 4.57. The molecule has 0 saturated carbocycles. The van der Waals surface area contributed by atoms with Crippen LogP contribution in [0.4, 0.5) is 17.1 Å². The lowest BCUT2D eigenvalue weighted by Gasteiger charge is -2.06. The van der Waals surface area contributed by atoms with Crippen molar-refractivity contribution in [3.05, 3.63) is 40.5 Å². The molecule has 0 aliphatic rings. The van der Waals surface area contributed by atoms with E-state index >= 15 is 0 Å². The molecule has 94 valence electrons. The molecule has 1 heterocycles. The molecule has 0 unspecified atom stereocenters. The lowest BCUT2D eigenvalue weighted by molar-refractivity contribution is -0.384. The first-order valence-electron chi connectivity index (χ1n) is 4.94. The van der Waals surface area contributed by atoms with Gasteiger partial charge in [0.2, 0.25) is 6.39 Å². The van der Waals surface area contributed by atoms with Crippen LogP contribution >= 0.6 is 0 Å². The minimum absolute atomic E-state index is 0.0685. The number of hydrazine groups is 1. The van der Waals surface area contributed by atoms with E-state index in [2.05, 4.69) is 25.4 Å². The molecule has 0 atom stereocenters. The standard InChI is InChI=1S/C9H10N6O3/c10-13-7-1-6(2-8(3-7)15(16)17)11-4-9-12-5-18-14-9/h1-3,5,11,13H,4,10H2. The van der Waals surface area contributed by atoms with Crippen LogP contribution in [0.2, 0.25) is 0 Å². The van der Waals surface area contributed by atoms with Gasteiger partial charge in [0.15, 0.2) is 5.82 Å². The van der Waals surface area contributed by atoms with Crippen LogP contribution in [0.1, 0.15) is 5.82 Å². The Labute approximate surface area is 101 Å². The van der Waals surface area contributed by atoms with Gasteiger partial charge in [0.05, 0.1) is 17.2 Å². The Morgan fingerprint density at radius 1 is 1.39 bits per heavy atom. The van der Waals surface area contributed by atoms with E-state index in [1.165, 1.54) is 18.5 Å². The third-order valence-corrected chi connectivity index (χ3v) is 2.15. The maximum Gasteiger partial charge on any atom is 0.273 e. The van der Waals surface area contributed by atoms with Gasteiger partial charge in [-0.3, -0.25) is 16.0 Å². The normalized spacial score (nSPS) is 10.1. The van der Waals surface area contributed by atoms with E-state index in [1.807, 2.05) is 0 Å². The van der Waals surface area contributed by atoms with Crippen molar-refractivity contribution in [2.24, 2.45) is 5.84 Å². The Balaban J connectivity index is 2.16. The number of aromatic nitrogens is 2. The van der Waals surface area contributed by atoms with Crippen molar-refractivity contribution in [3.8, 4) is 0 Å². The van der Waals surface area contributed by atoms with Crippen molar-refractivity contribution in [1.82, 2.24) is 10.1 Å². The van der Waals surface area contributed by atoms with Gasteiger partial charge < -0.3 is 15.3 Å². The van der Waals surface area contributed by atoms with Crippen molar-refractivity contribution in [1.29, 1.82) is 0 Å². The SMILES string of the molecule is NNc1cc(NCc2ncon2)cc([N+](=O)[O-])c1. The zero-order valence-corrected chi connectivity index (χ0v) is 9.16. The molecule has 0 bridgehead atoms. The molecule has 2 aromatic rings. The number of nitro groups is 1. The number of benzene rings is 1. The second-order valence-corrected chi connectivity index (χ2v) is 3.37. The summed E-state index contributed by atoms with van der Waals surface area (Å²) in [5.74, 6) is 5.69. The number of nitrogen functional groups attached to an aromatic ring is 1. The molecular weight excluding hydrogens is 240 g/mol. The van der Waals surface area contributed by atoms with Gasteiger partial charge in [-0.1, -0.05) is 5.16 Å². The average molecular weight is 250 g/mol. The van der Waals surface area contributed by atoms with Gasteiger partial charge in [0.1, 0.15) is 0 Å². The molecule has 1 aromatic carbocycles. The van der Waals surface area contributed by atoms with Gasteiger partial charge in [-0.25, -0.2) is 0 Å². The average Bonchev–Trinajstić information content (AvgIpc) is 2.89. The summed E-state index contributed by atoms with van der Waals surface area (Å²) >= 11 is 0. The van der Waals surface area contributed by atoms with E-state index in [0.29, 0.717) is 23.7 Å². The molecule has 18 heavy (non-hydrogen) atoms. The largest absolute Gasteiger partial charge is 0.377 e. The second kappa shape index (κ2) is 5.10. The molecule has 0 aliphatic heterocycles. The highest BCUT2D eigenvalue weighted by atomic mass is 16.6. The van der Waals surface area contributed by atoms with E-state index in [-0.39, 0.29) is 5.69 Å². The van der Waals surface area contributed by atoms with Crippen LogP contribution in [0.3, 0.4) is 0 Å². The Morgan fingerprint density at radius 3 is 2.78 bits per heavy atom. The lowest BCUT2D eigenvalue weighted by Crippen LogP contribution is -2.08. The first kappa shape index (κ1) is 11.8. The fourth-order valence-corrected chi connectivity index (χ4v) is 1.35. The first-order valence-corrected chi connectivity index (χ1v) is 4.94. The first-order chi connectivity index (χ1) is 8.69. The maximum atomic E-state index is 10.7. The van der Waals surface area contributed by atoms with Gasteiger partial charge in [-0.2, -0.15) is 4.98 Å². The van der Waals surface area contributed by atoms with E-state index < -0.39 is 4.92 Å². The van der Waals surface area contributed by atoms with Crippen LogP contribution in [0, 0.1) is 10.1 Å².